The number of nitriles is 1. The SMILES string of the molecule is Cc1cc(NC(=O)C(CCN)NC(=O)[C@@H]2Cc3ccccc3CN2C(=O)CCC(=O)N2CCCCC2(C)C)c(C#N)cc1Cl. The highest BCUT2D eigenvalue weighted by Gasteiger charge is 2.37. The number of aryl methyl sites for hydroxylation is 1. The van der Waals surface area contributed by atoms with E-state index in [-0.39, 0.29) is 67.4 Å². The third-order valence-corrected chi connectivity index (χ3v) is 9.05. The molecule has 2 aromatic rings. The standard InChI is InChI=1S/C33H41ClN6O4/c1-21-16-27(24(19-36)17-25(21)34)38-31(43)26(12-14-35)37-32(44)28-18-22-8-4-5-9-23(22)20-39(28)29(41)10-11-30(42)40-15-7-6-13-33(40,2)3/h4-5,8-9,16-17,26,28H,6-7,10-15,18,20,35H2,1-3H3,(H,37,44)(H,38,43)/t26?,28-/m0/s1. The molecule has 0 spiro atoms. The molecule has 234 valence electrons. The number of amides is 4. The van der Waals surface area contributed by atoms with Crippen LogP contribution in [0.15, 0.2) is 36.4 Å². The summed E-state index contributed by atoms with van der Waals surface area (Å²) in [4.78, 5) is 57.3. The van der Waals surface area contributed by atoms with Crippen molar-refractivity contribution in [1.29, 1.82) is 5.26 Å². The van der Waals surface area contributed by atoms with Gasteiger partial charge in [-0.3, -0.25) is 19.2 Å². The van der Waals surface area contributed by atoms with E-state index in [0.29, 0.717) is 17.1 Å². The summed E-state index contributed by atoms with van der Waals surface area (Å²) in [6.45, 7) is 6.88. The Labute approximate surface area is 263 Å². The lowest BCUT2D eigenvalue weighted by Gasteiger charge is -2.42. The first-order chi connectivity index (χ1) is 20.9. The van der Waals surface area contributed by atoms with Gasteiger partial charge in [-0.1, -0.05) is 35.9 Å². The van der Waals surface area contributed by atoms with Crippen molar-refractivity contribution in [3.8, 4) is 6.07 Å². The number of nitrogens with two attached hydrogens (primary N) is 1. The van der Waals surface area contributed by atoms with Crippen LogP contribution in [-0.2, 0) is 32.1 Å². The van der Waals surface area contributed by atoms with Gasteiger partial charge in [0.25, 0.3) is 0 Å². The van der Waals surface area contributed by atoms with E-state index in [1.54, 1.807) is 13.0 Å². The number of nitrogens with one attached hydrogen (secondary N) is 2. The van der Waals surface area contributed by atoms with Gasteiger partial charge in [0.15, 0.2) is 0 Å². The number of likely N-dealkylation sites (tertiary alicyclic amines) is 1. The Bertz CT molecular complexity index is 1470. The summed E-state index contributed by atoms with van der Waals surface area (Å²) in [7, 11) is 0. The van der Waals surface area contributed by atoms with E-state index in [4.69, 9.17) is 17.3 Å². The maximum absolute atomic E-state index is 13.8. The molecule has 44 heavy (non-hydrogen) atoms. The summed E-state index contributed by atoms with van der Waals surface area (Å²) in [5.41, 5.74) is 8.58. The van der Waals surface area contributed by atoms with Crippen molar-refractivity contribution in [3.63, 3.8) is 0 Å². The zero-order valence-corrected chi connectivity index (χ0v) is 26.4. The van der Waals surface area contributed by atoms with Gasteiger partial charge in [0.1, 0.15) is 18.2 Å². The van der Waals surface area contributed by atoms with Crippen molar-refractivity contribution >= 4 is 40.9 Å². The highest BCUT2D eigenvalue weighted by atomic mass is 35.5. The first-order valence-corrected chi connectivity index (χ1v) is 15.5. The van der Waals surface area contributed by atoms with Crippen molar-refractivity contribution in [3.05, 3.63) is 63.7 Å². The second kappa shape index (κ2) is 14.2. The summed E-state index contributed by atoms with van der Waals surface area (Å²) in [5, 5.41) is 15.5. The van der Waals surface area contributed by atoms with Crippen LogP contribution < -0.4 is 16.4 Å². The Morgan fingerprint density at radius 1 is 1.11 bits per heavy atom. The van der Waals surface area contributed by atoms with Gasteiger partial charge in [-0.2, -0.15) is 5.26 Å². The number of fused-ring (bicyclic) bond motifs is 1. The molecule has 1 unspecified atom stereocenters. The molecule has 4 amide bonds. The lowest BCUT2D eigenvalue weighted by Crippen LogP contribution is -2.56. The van der Waals surface area contributed by atoms with Crippen LogP contribution in [0.4, 0.5) is 5.69 Å². The minimum Gasteiger partial charge on any atom is -0.342 e. The highest BCUT2D eigenvalue weighted by molar-refractivity contribution is 6.31. The van der Waals surface area contributed by atoms with E-state index in [2.05, 4.69) is 24.5 Å². The second-order valence-corrected chi connectivity index (χ2v) is 12.6. The molecule has 4 N–H and O–H groups in total. The Morgan fingerprint density at radius 3 is 2.50 bits per heavy atom. The number of halogens is 1. The third kappa shape index (κ3) is 7.58. The van der Waals surface area contributed by atoms with Gasteiger partial charge >= 0.3 is 0 Å². The van der Waals surface area contributed by atoms with Crippen molar-refractivity contribution in [2.24, 2.45) is 5.73 Å². The largest absolute Gasteiger partial charge is 0.342 e. The Kier molecular flexibility index (Phi) is 10.7. The quantitative estimate of drug-likeness (QED) is 0.388. The van der Waals surface area contributed by atoms with Crippen LogP contribution in [0.3, 0.4) is 0 Å². The van der Waals surface area contributed by atoms with E-state index in [1.807, 2.05) is 35.2 Å². The smallest absolute Gasteiger partial charge is 0.247 e. The first kappa shape index (κ1) is 33.0. The molecule has 2 heterocycles. The molecule has 0 aromatic heterocycles. The molecule has 4 rings (SSSR count). The molecule has 1 saturated heterocycles. The number of nitrogens with zero attached hydrogens (tertiary/aromatic N) is 3. The number of rotatable bonds is 9. The number of carbonyl (C=O) groups excluding carboxylic acids is 4. The maximum Gasteiger partial charge on any atom is 0.247 e. The molecule has 2 aromatic carbocycles. The fourth-order valence-corrected chi connectivity index (χ4v) is 6.20. The molecule has 11 heteroatoms. The minimum absolute atomic E-state index is 0.0169. The van der Waals surface area contributed by atoms with E-state index in [9.17, 15) is 24.4 Å². The predicted octanol–water partition coefficient (Wildman–Crippen LogP) is 3.82. The lowest BCUT2D eigenvalue weighted by molar-refractivity contribution is -0.145. The molecule has 0 radical (unpaired) electrons. The zero-order valence-electron chi connectivity index (χ0n) is 25.6. The lowest BCUT2D eigenvalue weighted by atomic mass is 9.90. The van der Waals surface area contributed by atoms with Gasteiger partial charge in [0.05, 0.1) is 11.3 Å². The summed E-state index contributed by atoms with van der Waals surface area (Å²) >= 11 is 6.14. The number of anilines is 1. The predicted molar refractivity (Wildman–Crippen MR) is 168 cm³/mol. The number of hydrogen-bond acceptors (Lipinski definition) is 6. The summed E-state index contributed by atoms with van der Waals surface area (Å²) in [6.07, 6.45) is 3.40. The number of piperidine rings is 1. The van der Waals surface area contributed by atoms with Crippen molar-refractivity contribution < 1.29 is 19.2 Å². The van der Waals surface area contributed by atoms with E-state index in [0.717, 1.165) is 30.4 Å². The number of carbonyl (C=O) groups is 4. The Morgan fingerprint density at radius 2 is 1.82 bits per heavy atom. The van der Waals surface area contributed by atoms with Crippen LogP contribution in [0, 0.1) is 18.3 Å². The minimum atomic E-state index is -1.01. The van der Waals surface area contributed by atoms with E-state index >= 15 is 0 Å². The summed E-state index contributed by atoms with van der Waals surface area (Å²) in [6, 6.07) is 10.8. The molecule has 1 fully saturated rings. The monoisotopic (exact) mass is 620 g/mol. The van der Waals surface area contributed by atoms with Crippen LogP contribution in [-0.4, -0.2) is 64.1 Å². The van der Waals surface area contributed by atoms with Gasteiger partial charge in [0, 0.05) is 42.9 Å². The van der Waals surface area contributed by atoms with Crippen LogP contribution in [0.5, 0.6) is 0 Å². The average Bonchev–Trinajstić information content (AvgIpc) is 3.00. The molecule has 10 nitrogen and oxygen atoms in total. The van der Waals surface area contributed by atoms with Crippen molar-refractivity contribution in [2.45, 2.75) is 89.9 Å². The molecular weight excluding hydrogens is 580 g/mol. The normalized spacial score (nSPS) is 18.0. The van der Waals surface area contributed by atoms with Gasteiger partial charge < -0.3 is 26.2 Å². The topological polar surface area (TPSA) is 149 Å². The molecular formula is C33H41ClN6O4. The number of benzene rings is 2. The fraction of sp³-hybridized carbons (Fsp3) is 0.485. The number of hydrogen-bond donors (Lipinski definition) is 3. The Balaban J connectivity index is 1.50. The zero-order chi connectivity index (χ0) is 32.0. The summed E-state index contributed by atoms with van der Waals surface area (Å²) < 4.78 is 0. The van der Waals surface area contributed by atoms with Gasteiger partial charge in [-0.05, 0) is 81.8 Å². The highest BCUT2D eigenvalue weighted by Crippen LogP contribution is 2.29. The fourth-order valence-electron chi connectivity index (χ4n) is 6.04. The average molecular weight is 621 g/mol. The van der Waals surface area contributed by atoms with Crippen LogP contribution in [0.25, 0.3) is 0 Å². The van der Waals surface area contributed by atoms with E-state index < -0.39 is 23.9 Å². The molecule has 2 aliphatic rings. The summed E-state index contributed by atoms with van der Waals surface area (Å²) in [5.74, 6) is -1.38. The molecule has 2 aliphatic heterocycles. The first-order valence-electron chi connectivity index (χ1n) is 15.1. The van der Waals surface area contributed by atoms with Crippen LogP contribution in [0.1, 0.15) is 74.6 Å². The molecule has 0 aliphatic carbocycles. The maximum atomic E-state index is 13.8. The van der Waals surface area contributed by atoms with Crippen LogP contribution >= 0.6 is 11.6 Å². The molecule has 2 atom stereocenters. The van der Waals surface area contributed by atoms with E-state index in [1.165, 1.54) is 11.0 Å². The van der Waals surface area contributed by atoms with Gasteiger partial charge in [-0.25, -0.2) is 0 Å². The Hall–Kier alpha value is -3.94. The molecule has 0 saturated carbocycles. The van der Waals surface area contributed by atoms with Crippen LogP contribution in [0.2, 0.25) is 5.02 Å². The van der Waals surface area contributed by atoms with Crippen molar-refractivity contribution in [1.82, 2.24) is 15.1 Å². The third-order valence-electron chi connectivity index (χ3n) is 8.64. The van der Waals surface area contributed by atoms with Crippen molar-refractivity contribution in [2.75, 3.05) is 18.4 Å². The van der Waals surface area contributed by atoms with Gasteiger partial charge in [0.2, 0.25) is 23.6 Å². The van der Waals surface area contributed by atoms with Gasteiger partial charge in [-0.15, -0.1) is 0 Å². The molecule has 0 bridgehead atoms. The second-order valence-electron chi connectivity index (χ2n) is 12.2.